The van der Waals surface area contributed by atoms with Gasteiger partial charge in [0.15, 0.2) is 11.3 Å². The van der Waals surface area contributed by atoms with E-state index in [2.05, 4.69) is 9.97 Å². The third-order valence-electron chi connectivity index (χ3n) is 6.30. The Hall–Kier alpha value is -4.07. The van der Waals surface area contributed by atoms with Crippen LogP contribution in [0.3, 0.4) is 0 Å². The van der Waals surface area contributed by atoms with Crippen molar-refractivity contribution in [3.8, 4) is 5.75 Å². The van der Waals surface area contributed by atoms with Gasteiger partial charge in [0.2, 0.25) is 5.91 Å². The number of hydrogen-bond acceptors (Lipinski definition) is 5. The Bertz CT molecular complexity index is 1550. The molecule has 4 heterocycles. The van der Waals surface area contributed by atoms with Gasteiger partial charge in [-0.15, -0.1) is 0 Å². The lowest BCUT2D eigenvalue weighted by molar-refractivity contribution is -0.128. The maximum absolute atomic E-state index is 13.0. The zero-order valence-electron chi connectivity index (χ0n) is 17.9. The number of fused-ring (bicyclic) bond motifs is 4. The fourth-order valence-electron chi connectivity index (χ4n) is 4.78. The summed E-state index contributed by atoms with van der Waals surface area (Å²) in [6, 6.07) is 16.7. The van der Waals surface area contributed by atoms with Crippen molar-refractivity contribution in [2.24, 2.45) is 0 Å². The molecular weight excluding hydrogens is 440 g/mol. The van der Waals surface area contributed by atoms with Crippen LogP contribution in [0.4, 0.5) is 8.78 Å². The maximum Gasteiger partial charge on any atom is 0.387 e. The number of pyridine rings is 2. The van der Waals surface area contributed by atoms with E-state index in [0.29, 0.717) is 35.9 Å². The summed E-state index contributed by atoms with van der Waals surface area (Å²) in [5.41, 5.74) is 3.32. The zero-order valence-corrected chi connectivity index (χ0v) is 17.9. The van der Waals surface area contributed by atoms with Crippen molar-refractivity contribution in [1.29, 1.82) is 0 Å². The van der Waals surface area contributed by atoms with E-state index >= 15 is 0 Å². The molecule has 0 bridgehead atoms. The summed E-state index contributed by atoms with van der Waals surface area (Å²) in [5.74, 6) is -0.143. The predicted molar refractivity (Wildman–Crippen MR) is 123 cm³/mol. The number of alkyl halides is 2. The van der Waals surface area contributed by atoms with Gasteiger partial charge in [-0.1, -0.05) is 30.3 Å². The zero-order chi connectivity index (χ0) is 23.2. The monoisotopic (exact) mass is 459 g/mol. The van der Waals surface area contributed by atoms with Crippen LogP contribution in [0, 0.1) is 0 Å². The molecule has 1 fully saturated rings. The first-order chi connectivity index (χ1) is 16.6. The number of nitrogens with zero attached hydrogens (tertiary/aromatic N) is 3. The second-order valence-electron chi connectivity index (χ2n) is 8.38. The molecule has 3 aromatic heterocycles. The van der Waals surface area contributed by atoms with Crippen molar-refractivity contribution in [3.05, 3.63) is 78.2 Å². The minimum absolute atomic E-state index is 0.0203. The third-order valence-corrected chi connectivity index (χ3v) is 6.30. The van der Waals surface area contributed by atoms with Crippen molar-refractivity contribution in [3.63, 3.8) is 0 Å². The maximum atomic E-state index is 13.0. The van der Waals surface area contributed by atoms with Gasteiger partial charge >= 0.3 is 6.61 Å². The Labute approximate surface area is 192 Å². The number of aromatic nitrogens is 2. The Morgan fingerprint density at radius 3 is 2.88 bits per heavy atom. The highest BCUT2D eigenvalue weighted by Gasteiger charge is 2.33. The first kappa shape index (κ1) is 20.5. The third kappa shape index (κ3) is 3.51. The van der Waals surface area contributed by atoms with E-state index in [1.165, 1.54) is 6.07 Å². The van der Waals surface area contributed by atoms with Crippen molar-refractivity contribution in [1.82, 2.24) is 14.9 Å². The second-order valence-corrected chi connectivity index (χ2v) is 8.38. The van der Waals surface area contributed by atoms with Crippen molar-refractivity contribution >= 4 is 38.7 Å². The van der Waals surface area contributed by atoms with Crippen molar-refractivity contribution < 1.29 is 22.7 Å². The molecular formula is C26H19F2N3O3. The van der Waals surface area contributed by atoms with Gasteiger partial charge in [-0.2, -0.15) is 8.78 Å². The number of carbonyl (C=O) groups excluding carboxylic acids is 1. The standard InChI is InChI=1S/C26H19F2N3O3/c27-26(28)34-22-8-7-18(24-19-12-29-10-9-21(19)33-25(22)24)16-11-23(32)31(13-16)14-17-6-5-15-3-1-2-4-20(15)30-17/h1-10,12,16,26H,11,13-14H2. The normalized spacial score (nSPS) is 16.4. The van der Waals surface area contributed by atoms with Gasteiger partial charge in [0.1, 0.15) is 5.58 Å². The van der Waals surface area contributed by atoms with E-state index in [9.17, 15) is 13.6 Å². The van der Waals surface area contributed by atoms with Crippen molar-refractivity contribution in [2.45, 2.75) is 25.5 Å². The molecule has 6 rings (SSSR count). The summed E-state index contributed by atoms with van der Waals surface area (Å²) in [6.07, 6.45) is 3.53. The Morgan fingerprint density at radius 2 is 2.00 bits per heavy atom. The van der Waals surface area contributed by atoms with E-state index in [4.69, 9.17) is 9.15 Å². The number of hydrogen-bond donors (Lipinski definition) is 0. The molecule has 1 aliphatic heterocycles. The first-order valence-electron chi connectivity index (χ1n) is 10.9. The lowest BCUT2D eigenvalue weighted by atomic mass is 9.93. The summed E-state index contributed by atoms with van der Waals surface area (Å²) >= 11 is 0. The largest absolute Gasteiger partial charge is 0.452 e. The Kier molecular flexibility index (Phi) is 4.86. The Balaban J connectivity index is 1.35. The number of amides is 1. The molecule has 1 saturated heterocycles. The molecule has 170 valence electrons. The van der Waals surface area contributed by atoms with Crippen LogP contribution in [0.25, 0.3) is 32.8 Å². The van der Waals surface area contributed by atoms with Gasteiger partial charge in [-0.3, -0.25) is 14.8 Å². The molecule has 0 radical (unpaired) electrons. The minimum Gasteiger partial charge on any atom is -0.452 e. The molecule has 1 unspecified atom stereocenters. The average molecular weight is 459 g/mol. The quantitative estimate of drug-likeness (QED) is 0.340. The number of halogens is 2. The molecule has 0 spiro atoms. The summed E-state index contributed by atoms with van der Waals surface area (Å²) in [5, 5.41) is 2.41. The number of benzene rings is 2. The molecule has 6 nitrogen and oxygen atoms in total. The van der Waals surface area contributed by atoms with E-state index in [1.807, 2.05) is 36.4 Å². The van der Waals surface area contributed by atoms with E-state index in [-0.39, 0.29) is 23.2 Å². The smallest absolute Gasteiger partial charge is 0.387 e. The topological polar surface area (TPSA) is 68.5 Å². The molecule has 1 aliphatic rings. The van der Waals surface area contributed by atoms with Crippen LogP contribution in [0.2, 0.25) is 0 Å². The van der Waals surface area contributed by atoms with Crippen LogP contribution in [-0.4, -0.2) is 33.9 Å². The van der Waals surface area contributed by atoms with Gasteiger partial charge in [0.05, 0.1) is 17.8 Å². The molecule has 0 aliphatic carbocycles. The number of furan rings is 1. The highest BCUT2D eigenvalue weighted by molar-refractivity contribution is 6.08. The van der Waals surface area contributed by atoms with E-state index < -0.39 is 6.61 Å². The highest BCUT2D eigenvalue weighted by Crippen LogP contribution is 2.42. The molecule has 5 aromatic rings. The number of carbonyl (C=O) groups is 1. The van der Waals surface area contributed by atoms with Gasteiger partial charge in [-0.25, -0.2) is 0 Å². The van der Waals surface area contributed by atoms with Crippen LogP contribution in [0.5, 0.6) is 5.75 Å². The SMILES string of the molecule is O=C1CC(c2ccc(OC(F)F)c3oc4ccncc4c23)CN1Cc1ccc2ccccc2n1. The van der Waals surface area contributed by atoms with Gasteiger partial charge < -0.3 is 14.1 Å². The van der Waals surface area contributed by atoms with Crippen molar-refractivity contribution in [2.75, 3.05) is 6.54 Å². The number of para-hydroxylation sites is 1. The molecule has 8 heteroatoms. The van der Waals surface area contributed by atoms with Crippen LogP contribution in [0.1, 0.15) is 23.6 Å². The number of likely N-dealkylation sites (tertiary alicyclic amines) is 1. The van der Waals surface area contributed by atoms with Crippen LogP contribution >= 0.6 is 0 Å². The Morgan fingerprint density at radius 1 is 1.12 bits per heavy atom. The molecule has 0 N–H and O–H groups in total. The summed E-state index contributed by atoms with van der Waals surface area (Å²) in [4.78, 5) is 23.6. The van der Waals surface area contributed by atoms with Crippen LogP contribution < -0.4 is 4.74 Å². The second kappa shape index (κ2) is 8.06. The predicted octanol–water partition coefficient (Wildman–Crippen LogP) is 5.65. The minimum atomic E-state index is -2.97. The van der Waals surface area contributed by atoms with Gasteiger partial charge in [-0.05, 0) is 29.8 Å². The number of ether oxygens (including phenoxy) is 1. The first-order valence-corrected chi connectivity index (χ1v) is 10.9. The lowest BCUT2D eigenvalue weighted by Crippen LogP contribution is -2.24. The molecule has 2 aromatic carbocycles. The summed E-state index contributed by atoms with van der Waals surface area (Å²) < 4.78 is 36.5. The fourth-order valence-corrected chi connectivity index (χ4v) is 4.78. The van der Waals surface area contributed by atoms with E-state index in [0.717, 1.165) is 22.2 Å². The molecule has 1 amide bonds. The summed E-state index contributed by atoms with van der Waals surface area (Å²) in [6.45, 7) is -2.08. The van der Waals surface area contributed by atoms with Crippen LogP contribution in [-0.2, 0) is 11.3 Å². The average Bonchev–Trinajstić information content (AvgIpc) is 3.40. The lowest BCUT2D eigenvalue weighted by Gasteiger charge is -2.17. The molecule has 34 heavy (non-hydrogen) atoms. The van der Waals surface area contributed by atoms with Gasteiger partial charge in [0.25, 0.3) is 0 Å². The van der Waals surface area contributed by atoms with Crippen LogP contribution in [0.15, 0.2) is 71.4 Å². The van der Waals surface area contributed by atoms with E-state index in [1.54, 1.807) is 29.4 Å². The molecule has 1 atom stereocenters. The molecule has 0 saturated carbocycles. The summed E-state index contributed by atoms with van der Waals surface area (Å²) in [7, 11) is 0. The van der Waals surface area contributed by atoms with Gasteiger partial charge in [0, 0.05) is 47.4 Å². The number of rotatable bonds is 5. The fraction of sp³-hybridized carbons (Fsp3) is 0.192. The highest BCUT2D eigenvalue weighted by atomic mass is 19.3.